The Morgan fingerprint density at radius 1 is 0.879 bits per heavy atom. The largest absolute Gasteiger partial charge is 0.493 e. The highest BCUT2D eigenvalue weighted by Gasteiger charge is 2.36. The number of anilines is 2. The summed E-state index contributed by atoms with van der Waals surface area (Å²) in [5.74, 6) is -0.426. The van der Waals surface area contributed by atoms with E-state index in [4.69, 9.17) is 53.6 Å². The summed E-state index contributed by atoms with van der Waals surface area (Å²) >= 11 is 12.4. The van der Waals surface area contributed by atoms with Gasteiger partial charge < -0.3 is 41.0 Å². The molecule has 2 aromatic carbocycles. The summed E-state index contributed by atoms with van der Waals surface area (Å²) in [4.78, 5) is 31.3. The lowest BCUT2D eigenvalue weighted by Gasteiger charge is -2.23. The van der Waals surface area contributed by atoms with Crippen LogP contribution in [-0.4, -0.2) is 68.0 Å². The summed E-state index contributed by atoms with van der Waals surface area (Å²) in [6.45, 7) is 11.4. The van der Waals surface area contributed by atoms with Gasteiger partial charge in [0.25, 0.3) is 0 Å². The summed E-state index contributed by atoms with van der Waals surface area (Å²) in [6.07, 6.45) is -1.66. The fourth-order valence-electron chi connectivity index (χ4n) is 6.91. The van der Waals surface area contributed by atoms with Crippen LogP contribution in [0.1, 0.15) is 91.2 Å². The minimum Gasteiger partial charge on any atom is -0.493 e. The third-order valence-electron chi connectivity index (χ3n) is 9.62. The Balaban J connectivity index is 0.000000196. The number of nitrogens with one attached hydrogen (secondary N) is 2. The lowest BCUT2D eigenvalue weighted by atomic mass is 9.99. The second-order valence-corrected chi connectivity index (χ2v) is 14.0. The number of aromatic nitrogens is 6. The lowest BCUT2D eigenvalue weighted by molar-refractivity contribution is 0.136. The van der Waals surface area contributed by atoms with Gasteiger partial charge in [-0.25, -0.2) is 37.7 Å². The monoisotopic (exact) mass is 841 g/mol. The smallest absolute Gasteiger partial charge is 0.407 e. The zero-order chi connectivity index (χ0) is 42.2. The Morgan fingerprint density at radius 3 is 1.79 bits per heavy atom. The minimum absolute atomic E-state index is 0.0532. The first-order valence-electron chi connectivity index (χ1n) is 18.0. The van der Waals surface area contributed by atoms with Gasteiger partial charge in [0.2, 0.25) is 0 Å². The molecule has 5 heterocycles. The van der Waals surface area contributed by atoms with Gasteiger partial charge in [0.1, 0.15) is 41.1 Å². The number of carbonyl (C=O) groups is 2. The van der Waals surface area contributed by atoms with E-state index in [2.05, 4.69) is 30.8 Å². The van der Waals surface area contributed by atoms with Gasteiger partial charge in [0.05, 0.1) is 76.3 Å². The normalized spacial score (nSPS) is 17.1. The molecule has 2 fully saturated rings. The third kappa shape index (κ3) is 7.52. The molecule has 306 valence electrons. The molecule has 21 heteroatoms. The Kier molecular flexibility index (Phi) is 12.0. The number of nitrogen functional groups attached to an aromatic ring is 2. The molecular formula is C37H39Cl2F2N11O6. The number of fused-ring (bicyclic) bond motifs is 1. The number of hydrogen-bond donors (Lipinski definition) is 4. The van der Waals surface area contributed by atoms with Crippen molar-refractivity contribution in [3.8, 4) is 17.6 Å². The maximum absolute atomic E-state index is 15.0. The average Bonchev–Trinajstić information content (AvgIpc) is 3.97. The van der Waals surface area contributed by atoms with Crippen LogP contribution in [0.3, 0.4) is 0 Å². The molecule has 0 saturated carbocycles. The number of carbonyl (C=O) groups excluding carboxylic acids is 2. The fourth-order valence-corrected chi connectivity index (χ4v) is 7.34. The van der Waals surface area contributed by atoms with Crippen molar-refractivity contribution in [2.75, 3.05) is 37.8 Å². The third-order valence-corrected chi connectivity index (χ3v) is 10.2. The van der Waals surface area contributed by atoms with Crippen molar-refractivity contribution < 1.29 is 37.3 Å². The highest BCUT2D eigenvalue weighted by Crippen LogP contribution is 2.44. The summed E-state index contributed by atoms with van der Waals surface area (Å²) in [5, 5.41) is 23.6. The summed E-state index contributed by atoms with van der Waals surface area (Å²) in [6, 6.07) is 3.98. The SMILES string of the molecule is CCOc1c([C@H](C)n2nc(C)c(C#N)c2N)cc(Cl)c(F)c1[C@@H]1CNC(=O)O1.CCOc1c([C@H](C)n2nc(C)c3c(N)ncnc32)cc(Cl)c(F)c1[C@@H]1CNC(=O)O1. The maximum atomic E-state index is 15.0. The molecule has 2 saturated heterocycles. The number of halogens is 4. The molecule has 5 aromatic rings. The number of nitriles is 1. The van der Waals surface area contributed by atoms with E-state index in [1.54, 1.807) is 39.3 Å². The summed E-state index contributed by atoms with van der Waals surface area (Å²) in [5.41, 5.74) is 15.2. The van der Waals surface area contributed by atoms with Crippen LogP contribution in [-0.2, 0) is 9.47 Å². The molecule has 17 nitrogen and oxygen atoms in total. The Labute approximate surface area is 340 Å². The first kappa shape index (κ1) is 41.5. The van der Waals surface area contributed by atoms with Crippen LogP contribution in [0.5, 0.6) is 11.5 Å². The Hall–Kier alpha value is -6.13. The molecule has 0 bridgehead atoms. The minimum atomic E-state index is -0.884. The predicted molar refractivity (Wildman–Crippen MR) is 208 cm³/mol. The van der Waals surface area contributed by atoms with Crippen molar-refractivity contribution in [1.29, 1.82) is 5.26 Å². The number of benzene rings is 2. The van der Waals surface area contributed by atoms with E-state index in [0.29, 0.717) is 39.4 Å². The molecule has 4 atom stereocenters. The van der Waals surface area contributed by atoms with Gasteiger partial charge in [-0.3, -0.25) is 0 Å². The van der Waals surface area contributed by atoms with Gasteiger partial charge >= 0.3 is 12.2 Å². The van der Waals surface area contributed by atoms with Crippen LogP contribution in [0.2, 0.25) is 10.0 Å². The second-order valence-electron chi connectivity index (χ2n) is 13.2. The molecular weight excluding hydrogens is 803 g/mol. The van der Waals surface area contributed by atoms with Crippen molar-refractivity contribution in [2.24, 2.45) is 0 Å². The van der Waals surface area contributed by atoms with Crippen molar-refractivity contribution in [3.63, 3.8) is 0 Å². The number of rotatable bonds is 10. The molecule has 0 aliphatic carbocycles. The van der Waals surface area contributed by atoms with Crippen molar-refractivity contribution in [2.45, 2.75) is 65.8 Å². The van der Waals surface area contributed by atoms with E-state index < -0.39 is 48.1 Å². The Bertz CT molecular complexity index is 2470. The topological polar surface area (TPSA) is 232 Å². The number of hydrogen-bond acceptors (Lipinski definition) is 13. The highest BCUT2D eigenvalue weighted by molar-refractivity contribution is 6.31. The predicted octanol–water partition coefficient (Wildman–Crippen LogP) is 6.53. The van der Waals surface area contributed by atoms with Crippen molar-refractivity contribution >= 4 is 58.1 Å². The number of ether oxygens (including phenoxy) is 4. The van der Waals surface area contributed by atoms with Crippen LogP contribution < -0.4 is 31.6 Å². The first-order valence-corrected chi connectivity index (χ1v) is 18.8. The molecule has 2 aliphatic heterocycles. The maximum Gasteiger partial charge on any atom is 0.407 e. The molecule has 7 rings (SSSR count). The number of nitrogens with zero attached hydrogens (tertiary/aromatic N) is 7. The van der Waals surface area contributed by atoms with Crippen LogP contribution in [0, 0.1) is 36.8 Å². The number of amides is 2. The Morgan fingerprint density at radius 2 is 1.36 bits per heavy atom. The molecule has 6 N–H and O–H groups in total. The van der Waals surface area contributed by atoms with Crippen LogP contribution in [0.4, 0.5) is 30.0 Å². The van der Waals surface area contributed by atoms with Gasteiger partial charge in [0.15, 0.2) is 29.5 Å². The summed E-state index contributed by atoms with van der Waals surface area (Å²) in [7, 11) is 0. The van der Waals surface area contributed by atoms with E-state index in [1.807, 2.05) is 13.0 Å². The van der Waals surface area contributed by atoms with E-state index in [0.717, 1.165) is 0 Å². The standard InChI is InChI=1S/C19H20ClFN6O3.C18H19ClFN5O3/c1-4-29-16-10(5-11(20)15(21)14(16)12-6-23-19(28)30-12)9(3)27-18-13(8(2)26-27)17(22)24-7-25-18;1-4-27-16-10(9(3)25-17(22)11(6-21)8(2)24-25)5-12(19)15(20)14(16)13-7-23-18(26)28-13/h5,7,9,12H,4,6H2,1-3H3,(H,23,28)(H2,22,24,25);5,9,13H,4,7,22H2,1-3H3,(H,23,26)/t9-,12-;9-,13-/m00/s1. The zero-order valence-corrected chi connectivity index (χ0v) is 33.6. The van der Waals surface area contributed by atoms with Crippen molar-refractivity contribution in [3.05, 3.63) is 79.3 Å². The van der Waals surface area contributed by atoms with Gasteiger partial charge in [-0.1, -0.05) is 23.2 Å². The molecule has 0 radical (unpaired) electrons. The lowest BCUT2D eigenvalue weighted by Crippen LogP contribution is -2.17. The second kappa shape index (κ2) is 16.8. The summed E-state index contributed by atoms with van der Waals surface area (Å²) < 4.78 is 55.0. The van der Waals surface area contributed by atoms with Crippen LogP contribution >= 0.6 is 23.2 Å². The van der Waals surface area contributed by atoms with E-state index in [1.165, 1.54) is 23.1 Å². The highest BCUT2D eigenvalue weighted by atomic mass is 35.5. The molecule has 0 unspecified atom stereocenters. The molecule has 58 heavy (non-hydrogen) atoms. The van der Waals surface area contributed by atoms with Crippen molar-refractivity contribution in [1.82, 2.24) is 40.2 Å². The van der Waals surface area contributed by atoms with E-state index >= 15 is 4.39 Å². The van der Waals surface area contributed by atoms with Gasteiger partial charge in [0, 0.05) is 11.1 Å². The van der Waals surface area contributed by atoms with Crippen LogP contribution in [0.15, 0.2) is 18.5 Å². The quantitative estimate of drug-likeness (QED) is 0.117. The van der Waals surface area contributed by atoms with Gasteiger partial charge in [-0.05, 0) is 53.7 Å². The number of alkyl carbamates (subject to hydrolysis) is 2. The molecule has 3 aromatic heterocycles. The first-order chi connectivity index (χ1) is 27.6. The fraction of sp³-hybridized carbons (Fsp3) is 0.378. The van der Waals surface area contributed by atoms with Gasteiger partial charge in [-0.15, -0.1) is 0 Å². The molecule has 0 spiro atoms. The molecule has 2 aliphatic rings. The van der Waals surface area contributed by atoms with Crippen LogP contribution in [0.25, 0.3) is 11.0 Å². The van der Waals surface area contributed by atoms with Gasteiger partial charge in [-0.2, -0.15) is 15.5 Å². The van der Waals surface area contributed by atoms with E-state index in [9.17, 15) is 19.2 Å². The average molecular weight is 843 g/mol. The zero-order valence-electron chi connectivity index (χ0n) is 32.1. The number of cyclic esters (lactones) is 2. The molecule has 2 amide bonds. The van der Waals surface area contributed by atoms with E-state index in [-0.39, 0.29) is 70.4 Å². The number of nitrogens with two attached hydrogens (primary N) is 2. The number of aryl methyl sites for hydroxylation is 2.